The van der Waals surface area contributed by atoms with Crippen molar-refractivity contribution in [2.45, 2.75) is 6.92 Å². The van der Waals surface area contributed by atoms with Crippen LogP contribution in [-0.4, -0.2) is 21.1 Å². The molecule has 0 bridgehead atoms. The van der Waals surface area contributed by atoms with Crippen LogP contribution in [0.5, 0.6) is 0 Å². The number of nitrogens with one attached hydrogen (secondary N) is 3. The summed E-state index contributed by atoms with van der Waals surface area (Å²) in [5.41, 5.74) is 3.16. The van der Waals surface area contributed by atoms with E-state index in [0.717, 1.165) is 11.1 Å². The van der Waals surface area contributed by atoms with Crippen LogP contribution in [-0.2, 0) is 0 Å². The highest BCUT2D eigenvalue weighted by atomic mass is 32.1. The van der Waals surface area contributed by atoms with Crippen molar-refractivity contribution in [3.05, 3.63) is 81.9 Å². The molecule has 0 unspecified atom stereocenters. The molecular weight excluding hydrogens is 320 g/mol. The number of aromatic amines is 2. The monoisotopic (exact) mass is 336 g/mol. The van der Waals surface area contributed by atoms with E-state index in [4.69, 9.17) is 12.2 Å². The van der Waals surface area contributed by atoms with Gasteiger partial charge in [0.1, 0.15) is 0 Å². The summed E-state index contributed by atoms with van der Waals surface area (Å²) >= 11 is 5.00. The quantitative estimate of drug-likeness (QED) is 0.636. The molecule has 3 N–H and O–H groups in total. The van der Waals surface area contributed by atoms with Gasteiger partial charge in [0.2, 0.25) is 4.77 Å². The van der Waals surface area contributed by atoms with Gasteiger partial charge in [-0.2, -0.15) is 4.98 Å². The zero-order valence-electron chi connectivity index (χ0n) is 13.0. The van der Waals surface area contributed by atoms with E-state index in [0.29, 0.717) is 21.9 Å². The number of amides is 1. The maximum Gasteiger partial charge on any atom is 0.255 e. The average molecular weight is 336 g/mol. The highest BCUT2D eigenvalue weighted by molar-refractivity contribution is 7.71. The Kier molecular flexibility index (Phi) is 4.67. The van der Waals surface area contributed by atoms with Crippen LogP contribution in [0.1, 0.15) is 27.3 Å². The van der Waals surface area contributed by atoms with E-state index in [1.807, 2.05) is 55.5 Å². The summed E-state index contributed by atoms with van der Waals surface area (Å²) in [5, 5.41) is 8.50. The number of carbonyl (C=O) groups is 1. The Hall–Kier alpha value is -2.99. The third kappa shape index (κ3) is 3.85. The van der Waals surface area contributed by atoms with Crippen molar-refractivity contribution in [2.75, 3.05) is 0 Å². The van der Waals surface area contributed by atoms with Gasteiger partial charge in [-0.05, 0) is 42.9 Å². The van der Waals surface area contributed by atoms with Crippen molar-refractivity contribution in [1.29, 1.82) is 0 Å². The van der Waals surface area contributed by atoms with Gasteiger partial charge < -0.3 is 5.32 Å². The molecule has 1 amide bonds. The number of hydrogen-bond acceptors (Lipinski definition) is 3. The Balaban J connectivity index is 1.93. The van der Waals surface area contributed by atoms with Gasteiger partial charge in [0.15, 0.2) is 5.82 Å². The van der Waals surface area contributed by atoms with E-state index >= 15 is 0 Å². The molecular formula is C18H16N4OS. The molecule has 1 heterocycles. The molecule has 0 spiro atoms. The van der Waals surface area contributed by atoms with Crippen molar-refractivity contribution in [3.8, 4) is 0 Å². The SMILES string of the molecule is Cc1ccc(C(=O)N/C(=C/c2ccccc2)c2nc(=S)[nH][nH]2)cc1. The summed E-state index contributed by atoms with van der Waals surface area (Å²) in [4.78, 5) is 16.7. The van der Waals surface area contributed by atoms with Crippen LogP contribution < -0.4 is 5.32 Å². The van der Waals surface area contributed by atoms with Crippen LogP contribution in [0.2, 0.25) is 0 Å². The smallest absolute Gasteiger partial charge is 0.255 e. The average Bonchev–Trinajstić information content (AvgIpc) is 3.02. The van der Waals surface area contributed by atoms with Crippen LogP contribution in [0.25, 0.3) is 11.8 Å². The summed E-state index contributed by atoms with van der Waals surface area (Å²) in [7, 11) is 0. The molecule has 120 valence electrons. The van der Waals surface area contributed by atoms with Crippen molar-refractivity contribution >= 4 is 29.9 Å². The highest BCUT2D eigenvalue weighted by Crippen LogP contribution is 2.13. The van der Waals surface area contributed by atoms with Gasteiger partial charge in [-0.1, -0.05) is 48.0 Å². The Morgan fingerprint density at radius 3 is 2.42 bits per heavy atom. The first kappa shape index (κ1) is 15.9. The maximum absolute atomic E-state index is 12.5. The summed E-state index contributed by atoms with van der Waals surface area (Å²) in [6.07, 6.45) is 1.84. The molecule has 1 aromatic heterocycles. The minimum Gasteiger partial charge on any atom is -0.319 e. The second-order valence-corrected chi connectivity index (χ2v) is 5.69. The van der Waals surface area contributed by atoms with Crippen LogP contribution in [0.3, 0.4) is 0 Å². The molecule has 0 fully saturated rings. The van der Waals surface area contributed by atoms with E-state index in [2.05, 4.69) is 20.5 Å². The van der Waals surface area contributed by atoms with Crippen LogP contribution in [0, 0.1) is 11.7 Å². The zero-order chi connectivity index (χ0) is 16.9. The third-order valence-electron chi connectivity index (χ3n) is 3.43. The largest absolute Gasteiger partial charge is 0.319 e. The molecule has 3 rings (SSSR count). The number of rotatable bonds is 4. The Labute approximate surface area is 144 Å². The minimum atomic E-state index is -0.209. The van der Waals surface area contributed by atoms with Gasteiger partial charge in [-0.15, -0.1) is 0 Å². The summed E-state index contributed by atoms with van der Waals surface area (Å²) in [6, 6.07) is 17.1. The molecule has 0 radical (unpaired) electrons. The molecule has 0 aliphatic carbocycles. The lowest BCUT2D eigenvalue weighted by atomic mass is 10.1. The van der Waals surface area contributed by atoms with Crippen LogP contribution in [0.15, 0.2) is 54.6 Å². The van der Waals surface area contributed by atoms with E-state index in [1.54, 1.807) is 12.1 Å². The lowest BCUT2D eigenvalue weighted by Crippen LogP contribution is -2.22. The predicted molar refractivity (Wildman–Crippen MR) is 96.7 cm³/mol. The fourth-order valence-electron chi connectivity index (χ4n) is 2.18. The number of benzene rings is 2. The topological polar surface area (TPSA) is 73.6 Å². The molecule has 3 aromatic rings. The number of aromatic nitrogens is 3. The Morgan fingerprint density at radius 2 is 1.79 bits per heavy atom. The van der Waals surface area contributed by atoms with Gasteiger partial charge in [0.25, 0.3) is 5.91 Å². The number of H-pyrrole nitrogens is 2. The molecule has 24 heavy (non-hydrogen) atoms. The first-order chi connectivity index (χ1) is 11.6. The predicted octanol–water partition coefficient (Wildman–Crippen LogP) is 3.70. The Morgan fingerprint density at radius 1 is 1.08 bits per heavy atom. The third-order valence-corrected chi connectivity index (χ3v) is 3.62. The summed E-state index contributed by atoms with van der Waals surface area (Å²) in [5.74, 6) is 0.267. The van der Waals surface area contributed by atoms with Gasteiger partial charge in [0, 0.05) is 5.56 Å². The first-order valence-electron chi connectivity index (χ1n) is 7.41. The summed E-state index contributed by atoms with van der Waals surface area (Å²) in [6.45, 7) is 1.98. The number of aryl methyl sites for hydroxylation is 1. The van der Waals surface area contributed by atoms with Crippen molar-refractivity contribution in [3.63, 3.8) is 0 Å². The van der Waals surface area contributed by atoms with Crippen LogP contribution >= 0.6 is 12.2 Å². The number of nitrogens with zero attached hydrogens (tertiary/aromatic N) is 1. The lowest BCUT2D eigenvalue weighted by molar-refractivity contribution is 0.0973. The van der Waals surface area contributed by atoms with E-state index < -0.39 is 0 Å². The standard InChI is InChI=1S/C18H16N4OS/c1-12-7-9-14(10-8-12)17(23)19-15(16-20-18(24)22-21-16)11-13-5-3-2-4-6-13/h2-11H,1H3,(H,19,23)(H2,20,21,22,24)/b15-11+. The molecule has 0 aliphatic rings. The van der Waals surface area contributed by atoms with Crippen molar-refractivity contribution in [1.82, 2.24) is 20.5 Å². The van der Waals surface area contributed by atoms with E-state index in [1.165, 1.54) is 0 Å². The van der Waals surface area contributed by atoms with Gasteiger partial charge in [-0.25, -0.2) is 0 Å². The van der Waals surface area contributed by atoms with Crippen molar-refractivity contribution < 1.29 is 4.79 Å². The van der Waals surface area contributed by atoms with Gasteiger partial charge in [0.05, 0.1) is 5.70 Å². The fraction of sp³-hybridized carbons (Fsp3) is 0.0556. The van der Waals surface area contributed by atoms with Crippen LogP contribution in [0.4, 0.5) is 0 Å². The van der Waals surface area contributed by atoms with Gasteiger partial charge in [-0.3, -0.25) is 15.0 Å². The normalized spacial score (nSPS) is 11.3. The first-order valence-corrected chi connectivity index (χ1v) is 7.82. The highest BCUT2D eigenvalue weighted by Gasteiger charge is 2.12. The fourth-order valence-corrected chi connectivity index (χ4v) is 2.32. The lowest BCUT2D eigenvalue weighted by Gasteiger charge is -2.08. The number of carbonyl (C=O) groups excluding carboxylic acids is 1. The molecule has 2 aromatic carbocycles. The minimum absolute atomic E-state index is 0.209. The number of hydrogen-bond donors (Lipinski definition) is 3. The van der Waals surface area contributed by atoms with Crippen molar-refractivity contribution in [2.24, 2.45) is 0 Å². The van der Waals surface area contributed by atoms with E-state index in [9.17, 15) is 4.79 Å². The molecule has 0 aliphatic heterocycles. The molecule has 0 atom stereocenters. The molecule has 0 saturated carbocycles. The summed E-state index contributed by atoms with van der Waals surface area (Å²) < 4.78 is 0.327. The molecule has 5 nitrogen and oxygen atoms in total. The second-order valence-electron chi connectivity index (χ2n) is 5.30. The molecule has 0 saturated heterocycles. The Bertz CT molecular complexity index is 923. The zero-order valence-corrected chi connectivity index (χ0v) is 13.9. The second kappa shape index (κ2) is 7.06. The van der Waals surface area contributed by atoms with E-state index in [-0.39, 0.29) is 5.91 Å². The molecule has 6 heteroatoms. The van der Waals surface area contributed by atoms with Gasteiger partial charge >= 0.3 is 0 Å². The maximum atomic E-state index is 12.5.